The summed E-state index contributed by atoms with van der Waals surface area (Å²) < 4.78 is 30.2. The number of nitrogens with zero attached hydrogens (tertiary/aromatic N) is 3. The van der Waals surface area contributed by atoms with E-state index in [9.17, 15) is 18.4 Å². The second-order valence-corrected chi connectivity index (χ2v) is 8.02. The van der Waals surface area contributed by atoms with Gasteiger partial charge in [-0.3, -0.25) is 19.5 Å². The molecule has 0 atom stereocenters. The van der Waals surface area contributed by atoms with Gasteiger partial charge in [-0.15, -0.1) is 0 Å². The van der Waals surface area contributed by atoms with Crippen LogP contribution < -0.4 is 10.9 Å². The van der Waals surface area contributed by atoms with E-state index in [4.69, 9.17) is 0 Å². The highest BCUT2D eigenvalue weighted by molar-refractivity contribution is 5.92. The standard InChI is InChI=1S/C24H21F2N5O2/c1-27-23(32)19-3-2-15(12-28-19)14-4-7-30(8-5-14)13-16-10-20-21(11-18(16)26)31-9-6-17(25)22(31)24(33)29-20/h2-4,6,9-12H,5,7-8,13H2,1H3,(H,27,32)(H,29,33). The molecule has 9 heteroatoms. The molecule has 0 radical (unpaired) electrons. The number of aromatic nitrogens is 3. The Bertz CT molecular complexity index is 1470. The lowest BCUT2D eigenvalue weighted by Gasteiger charge is -2.26. The maximum Gasteiger partial charge on any atom is 0.275 e. The van der Waals surface area contributed by atoms with Crippen molar-refractivity contribution in [2.24, 2.45) is 0 Å². The van der Waals surface area contributed by atoms with Crippen LogP contribution in [0, 0.1) is 11.6 Å². The topological polar surface area (TPSA) is 82.5 Å². The van der Waals surface area contributed by atoms with Gasteiger partial charge in [0.2, 0.25) is 0 Å². The predicted octanol–water partition coefficient (Wildman–Crippen LogP) is 3.10. The van der Waals surface area contributed by atoms with Crippen molar-refractivity contribution >= 4 is 28.0 Å². The Morgan fingerprint density at radius 1 is 1.21 bits per heavy atom. The van der Waals surface area contributed by atoms with E-state index in [2.05, 4.69) is 26.3 Å². The van der Waals surface area contributed by atoms with Crippen LogP contribution in [0.5, 0.6) is 0 Å². The van der Waals surface area contributed by atoms with E-state index in [1.165, 1.54) is 22.7 Å². The van der Waals surface area contributed by atoms with Gasteiger partial charge in [0.25, 0.3) is 11.5 Å². The van der Waals surface area contributed by atoms with E-state index >= 15 is 0 Å². The first kappa shape index (κ1) is 21.0. The summed E-state index contributed by atoms with van der Waals surface area (Å²) in [6.45, 7) is 1.72. The normalized spacial score (nSPS) is 14.6. The third-order valence-corrected chi connectivity index (χ3v) is 6.01. The highest BCUT2D eigenvalue weighted by Gasteiger charge is 2.18. The molecule has 4 heterocycles. The SMILES string of the molecule is CNC(=O)c1ccc(C2=CCN(Cc3cc4[nH]c(=O)c5c(F)ccn5c4cc3F)CC2)cn1. The van der Waals surface area contributed by atoms with Crippen molar-refractivity contribution in [3.8, 4) is 0 Å². The molecule has 33 heavy (non-hydrogen) atoms. The zero-order chi connectivity index (χ0) is 23.1. The van der Waals surface area contributed by atoms with Crippen molar-refractivity contribution in [2.75, 3.05) is 20.1 Å². The summed E-state index contributed by atoms with van der Waals surface area (Å²) >= 11 is 0. The number of hydrogen-bond donors (Lipinski definition) is 2. The molecule has 1 amide bonds. The molecular formula is C24H21F2N5O2. The van der Waals surface area contributed by atoms with Crippen LogP contribution in [0.25, 0.3) is 22.1 Å². The maximum atomic E-state index is 14.9. The minimum atomic E-state index is -0.642. The van der Waals surface area contributed by atoms with Gasteiger partial charge in [0, 0.05) is 50.7 Å². The molecule has 1 aliphatic heterocycles. The first-order chi connectivity index (χ1) is 15.9. The number of H-pyrrole nitrogens is 1. The molecule has 0 saturated heterocycles. The molecule has 4 aromatic rings. The van der Waals surface area contributed by atoms with Gasteiger partial charge in [-0.05, 0) is 35.8 Å². The molecule has 7 nitrogen and oxygen atoms in total. The van der Waals surface area contributed by atoms with Crippen LogP contribution in [0.1, 0.15) is 28.0 Å². The third kappa shape index (κ3) is 3.80. The molecule has 5 rings (SSSR count). The Kier molecular flexibility index (Phi) is 5.26. The number of nitrogens with one attached hydrogen (secondary N) is 2. The minimum absolute atomic E-state index is 0.124. The number of fused-ring (bicyclic) bond motifs is 3. The zero-order valence-electron chi connectivity index (χ0n) is 17.9. The summed E-state index contributed by atoms with van der Waals surface area (Å²) in [5.41, 5.74) is 3.09. The average Bonchev–Trinajstić information content (AvgIpc) is 3.23. The summed E-state index contributed by atoms with van der Waals surface area (Å²) in [6, 6.07) is 7.71. The molecule has 168 valence electrons. The number of rotatable bonds is 4. The summed E-state index contributed by atoms with van der Waals surface area (Å²) in [6.07, 6.45) is 5.95. The third-order valence-electron chi connectivity index (χ3n) is 6.01. The van der Waals surface area contributed by atoms with E-state index in [-0.39, 0.29) is 11.4 Å². The van der Waals surface area contributed by atoms with Crippen molar-refractivity contribution in [1.29, 1.82) is 0 Å². The van der Waals surface area contributed by atoms with Crippen LogP contribution in [-0.2, 0) is 6.54 Å². The number of hydrogen-bond acceptors (Lipinski definition) is 4. The van der Waals surface area contributed by atoms with Gasteiger partial charge in [0.05, 0.1) is 11.0 Å². The van der Waals surface area contributed by atoms with E-state index < -0.39 is 17.2 Å². The summed E-state index contributed by atoms with van der Waals surface area (Å²) in [7, 11) is 1.56. The van der Waals surface area contributed by atoms with E-state index in [1.807, 2.05) is 6.07 Å². The van der Waals surface area contributed by atoms with Crippen molar-refractivity contribution in [3.05, 3.63) is 87.6 Å². The average molecular weight is 449 g/mol. The Hall–Kier alpha value is -3.85. The van der Waals surface area contributed by atoms with Crippen molar-refractivity contribution < 1.29 is 13.6 Å². The van der Waals surface area contributed by atoms with Crippen LogP contribution in [0.15, 0.2) is 53.6 Å². The molecule has 0 spiro atoms. The van der Waals surface area contributed by atoms with Crippen LogP contribution in [-0.4, -0.2) is 45.3 Å². The lowest BCUT2D eigenvalue weighted by Crippen LogP contribution is -2.28. The molecule has 1 aromatic carbocycles. The molecule has 0 bridgehead atoms. The van der Waals surface area contributed by atoms with Crippen molar-refractivity contribution in [3.63, 3.8) is 0 Å². The number of aromatic amines is 1. The molecule has 0 fully saturated rings. The van der Waals surface area contributed by atoms with Crippen LogP contribution in [0.2, 0.25) is 0 Å². The molecule has 1 aliphatic rings. The largest absolute Gasteiger partial charge is 0.354 e. The molecule has 0 aliphatic carbocycles. The van der Waals surface area contributed by atoms with E-state index in [1.54, 1.807) is 25.4 Å². The second-order valence-electron chi connectivity index (χ2n) is 8.02. The van der Waals surface area contributed by atoms with E-state index in [0.717, 1.165) is 24.1 Å². The number of amides is 1. The Morgan fingerprint density at radius 2 is 2.06 bits per heavy atom. The van der Waals surface area contributed by atoms with Crippen LogP contribution in [0.4, 0.5) is 8.78 Å². The Labute approximate surface area is 187 Å². The predicted molar refractivity (Wildman–Crippen MR) is 121 cm³/mol. The zero-order valence-corrected chi connectivity index (χ0v) is 17.9. The number of halogens is 2. The summed E-state index contributed by atoms with van der Waals surface area (Å²) in [4.78, 5) is 32.9. The highest BCUT2D eigenvalue weighted by Crippen LogP contribution is 2.25. The number of pyridine rings is 1. The van der Waals surface area contributed by atoms with Gasteiger partial charge in [-0.2, -0.15) is 0 Å². The molecule has 0 unspecified atom stereocenters. The molecule has 2 N–H and O–H groups in total. The monoisotopic (exact) mass is 449 g/mol. The molecule has 3 aromatic heterocycles. The van der Waals surface area contributed by atoms with E-state index in [0.29, 0.717) is 35.4 Å². The minimum Gasteiger partial charge on any atom is -0.354 e. The summed E-state index contributed by atoms with van der Waals surface area (Å²) in [5, 5.41) is 2.55. The van der Waals surface area contributed by atoms with Crippen molar-refractivity contribution in [2.45, 2.75) is 13.0 Å². The fraction of sp³-hybridized carbons (Fsp3) is 0.208. The fourth-order valence-electron chi connectivity index (χ4n) is 4.24. The van der Waals surface area contributed by atoms with Gasteiger partial charge in [-0.25, -0.2) is 8.78 Å². The number of carbonyl (C=O) groups excluding carboxylic acids is 1. The van der Waals surface area contributed by atoms with Gasteiger partial charge < -0.3 is 14.7 Å². The Balaban J connectivity index is 1.36. The number of benzene rings is 1. The van der Waals surface area contributed by atoms with Crippen LogP contribution >= 0.6 is 0 Å². The van der Waals surface area contributed by atoms with Gasteiger partial charge in [0.15, 0.2) is 5.82 Å². The maximum absolute atomic E-state index is 14.9. The van der Waals surface area contributed by atoms with Crippen molar-refractivity contribution in [1.82, 2.24) is 24.6 Å². The lowest BCUT2D eigenvalue weighted by molar-refractivity contribution is 0.0958. The first-order valence-corrected chi connectivity index (χ1v) is 10.6. The smallest absolute Gasteiger partial charge is 0.275 e. The van der Waals surface area contributed by atoms with Gasteiger partial charge in [-0.1, -0.05) is 12.1 Å². The van der Waals surface area contributed by atoms with Gasteiger partial charge >= 0.3 is 0 Å². The molecule has 0 saturated carbocycles. The highest BCUT2D eigenvalue weighted by atomic mass is 19.1. The van der Waals surface area contributed by atoms with Gasteiger partial charge in [0.1, 0.15) is 17.0 Å². The molecular weight excluding hydrogens is 428 g/mol. The quantitative estimate of drug-likeness (QED) is 0.502. The summed E-state index contributed by atoms with van der Waals surface area (Å²) in [5.74, 6) is -1.28. The number of carbonyl (C=O) groups is 1. The van der Waals surface area contributed by atoms with Crippen LogP contribution in [0.3, 0.4) is 0 Å². The lowest BCUT2D eigenvalue weighted by atomic mass is 10.0. The first-order valence-electron chi connectivity index (χ1n) is 10.6. The Morgan fingerprint density at radius 3 is 2.76 bits per heavy atom. The fourth-order valence-corrected chi connectivity index (χ4v) is 4.24. The second kappa shape index (κ2) is 8.25.